The Morgan fingerprint density at radius 3 is 2.63 bits per heavy atom. The molecular weight excluding hydrogens is 378 g/mol. The Hall–Kier alpha value is -2.74. The first-order chi connectivity index (χ1) is 14.8. The number of aromatic nitrogens is 5. The molecule has 3 aromatic heterocycles. The second kappa shape index (κ2) is 8.55. The highest BCUT2D eigenvalue weighted by molar-refractivity contribution is 5.78. The Labute approximate surface area is 176 Å². The lowest BCUT2D eigenvalue weighted by atomic mass is 9.95. The van der Waals surface area contributed by atoms with Gasteiger partial charge in [-0.2, -0.15) is 4.98 Å². The summed E-state index contributed by atoms with van der Waals surface area (Å²) >= 11 is 0. The van der Waals surface area contributed by atoms with Crippen molar-refractivity contribution in [3.8, 4) is 0 Å². The van der Waals surface area contributed by atoms with Gasteiger partial charge in [0.15, 0.2) is 0 Å². The normalized spacial score (nSPS) is 18.8. The minimum atomic E-state index is 0.340. The van der Waals surface area contributed by atoms with Crippen LogP contribution in [0.4, 0.5) is 17.6 Å². The first-order valence-electron chi connectivity index (χ1n) is 11.0. The van der Waals surface area contributed by atoms with Crippen molar-refractivity contribution in [3.05, 3.63) is 30.9 Å². The number of hydrogen-bond acceptors (Lipinski definition) is 7. The van der Waals surface area contributed by atoms with Gasteiger partial charge in [-0.1, -0.05) is 19.3 Å². The van der Waals surface area contributed by atoms with Crippen LogP contribution in [-0.4, -0.2) is 50.8 Å². The van der Waals surface area contributed by atoms with Crippen LogP contribution >= 0.6 is 0 Å². The monoisotopic (exact) mass is 407 g/mol. The molecule has 30 heavy (non-hydrogen) atoms. The zero-order chi connectivity index (χ0) is 20.3. The van der Waals surface area contributed by atoms with Crippen LogP contribution in [0.25, 0.3) is 11.0 Å². The predicted octanol–water partition coefficient (Wildman–Crippen LogP) is 4.09. The molecule has 1 saturated carbocycles. The fraction of sp³-hybridized carbons (Fsp3) is 0.545. The van der Waals surface area contributed by atoms with E-state index in [-0.39, 0.29) is 0 Å². The molecule has 0 atom stereocenters. The molecule has 158 valence electrons. The van der Waals surface area contributed by atoms with Gasteiger partial charge in [-0.3, -0.25) is 0 Å². The highest BCUT2D eigenvalue weighted by Gasteiger charge is 2.21. The molecule has 0 aromatic carbocycles. The first-order valence-corrected chi connectivity index (χ1v) is 11.0. The number of ether oxygens (including phenoxy) is 1. The third-order valence-corrected chi connectivity index (χ3v) is 6.39. The molecule has 1 saturated heterocycles. The average molecular weight is 408 g/mol. The quantitative estimate of drug-likeness (QED) is 0.682. The number of fused-ring (bicyclic) bond motifs is 1. The molecule has 5 rings (SSSR count). The minimum absolute atomic E-state index is 0.340. The summed E-state index contributed by atoms with van der Waals surface area (Å²) in [4.78, 5) is 20.5. The standard InChI is InChI=1S/C22H29N7O/c1-30-17-8-11-28(12-9-17)22-23-10-7-20(27-22)26-21-13-19-18(14-24-21)25-15-29(19)16-5-3-2-4-6-16/h7,10,13-17H,2-6,8-9,11-12H2,1H3,(H,23,24,26,27). The van der Waals surface area contributed by atoms with E-state index in [4.69, 9.17) is 9.72 Å². The zero-order valence-corrected chi connectivity index (χ0v) is 17.5. The number of rotatable bonds is 5. The van der Waals surface area contributed by atoms with Gasteiger partial charge in [0.25, 0.3) is 0 Å². The van der Waals surface area contributed by atoms with Crippen molar-refractivity contribution >= 4 is 28.6 Å². The summed E-state index contributed by atoms with van der Waals surface area (Å²) in [5.74, 6) is 2.29. The van der Waals surface area contributed by atoms with Crippen LogP contribution < -0.4 is 10.2 Å². The second-order valence-electron chi connectivity index (χ2n) is 8.29. The van der Waals surface area contributed by atoms with Crippen molar-refractivity contribution in [3.63, 3.8) is 0 Å². The van der Waals surface area contributed by atoms with E-state index >= 15 is 0 Å². The van der Waals surface area contributed by atoms with Crippen LogP contribution in [0.15, 0.2) is 30.9 Å². The van der Waals surface area contributed by atoms with E-state index in [0.29, 0.717) is 12.1 Å². The molecule has 0 bridgehead atoms. The van der Waals surface area contributed by atoms with E-state index in [0.717, 1.165) is 54.5 Å². The number of imidazole rings is 1. The Kier molecular flexibility index (Phi) is 5.48. The van der Waals surface area contributed by atoms with Crippen molar-refractivity contribution in [1.29, 1.82) is 0 Å². The van der Waals surface area contributed by atoms with Gasteiger partial charge in [-0.15, -0.1) is 0 Å². The van der Waals surface area contributed by atoms with Gasteiger partial charge in [-0.25, -0.2) is 15.0 Å². The van der Waals surface area contributed by atoms with E-state index in [9.17, 15) is 0 Å². The number of anilines is 3. The fourth-order valence-electron chi connectivity index (χ4n) is 4.64. The molecule has 0 unspecified atom stereocenters. The largest absolute Gasteiger partial charge is 0.381 e. The molecule has 8 heteroatoms. The molecule has 4 heterocycles. The smallest absolute Gasteiger partial charge is 0.227 e. The average Bonchev–Trinajstić information content (AvgIpc) is 3.23. The summed E-state index contributed by atoms with van der Waals surface area (Å²) in [5.41, 5.74) is 2.07. The van der Waals surface area contributed by atoms with Crippen molar-refractivity contribution in [2.45, 2.75) is 57.1 Å². The van der Waals surface area contributed by atoms with Gasteiger partial charge in [-0.05, 0) is 31.7 Å². The molecule has 1 N–H and O–H groups in total. The molecule has 0 amide bonds. The maximum atomic E-state index is 5.46. The number of methoxy groups -OCH3 is 1. The Bertz CT molecular complexity index is 990. The Balaban J connectivity index is 1.34. The lowest BCUT2D eigenvalue weighted by Crippen LogP contribution is -2.37. The first kappa shape index (κ1) is 19.2. The molecule has 3 aromatic rings. The molecule has 1 aliphatic carbocycles. The highest BCUT2D eigenvalue weighted by atomic mass is 16.5. The lowest BCUT2D eigenvalue weighted by molar-refractivity contribution is 0.0816. The van der Waals surface area contributed by atoms with Crippen LogP contribution in [-0.2, 0) is 4.74 Å². The van der Waals surface area contributed by atoms with Gasteiger partial charge in [0.2, 0.25) is 5.95 Å². The van der Waals surface area contributed by atoms with Crippen LogP contribution in [0.1, 0.15) is 51.0 Å². The predicted molar refractivity (Wildman–Crippen MR) is 117 cm³/mol. The second-order valence-corrected chi connectivity index (χ2v) is 8.29. The highest BCUT2D eigenvalue weighted by Crippen LogP contribution is 2.31. The molecule has 0 spiro atoms. The summed E-state index contributed by atoms with van der Waals surface area (Å²) < 4.78 is 7.79. The summed E-state index contributed by atoms with van der Waals surface area (Å²) in [5, 5.41) is 3.36. The van der Waals surface area contributed by atoms with Gasteiger partial charge in [0, 0.05) is 38.5 Å². The SMILES string of the molecule is COC1CCN(c2nccc(Nc3cc4c(cn3)ncn4C3CCCCC3)n2)CC1. The maximum absolute atomic E-state index is 5.46. The van der Waals surface area contributed by atoms with Crippen LogP contribution in [0.2, 0.25) is 0 Å². The zero-order valence-electron chi connectivity index (χ0n) is 17.5. The molecular formula is C22H29N7O. The number of pyridine rings is 1. The maximum Gasteiger partial charge on any atom is 0.227 e. The summed E-state index contributed by atoms with van der Waals surface area (Å²) in [6.07, 6.45) is 14.4. The van der Waals surface area contributed by atoms with Crippen molar-refractivity contribution in [2.24, 2.45) is 0 Å². The number of nitrogens with zero attached hydrogens (tertiary/aromatic N) is 6. The lowest BCUT2D eigenvalue weighted by Gasteiger charge is -2.31. The van der Waals surface area contributed by atoms with Crippen molar-refractivity contribution < 1.29 is 4.74 Å². The summed E-state index contributed by atoms with van der Waals surface area (Å²) in [6.45, 7) is 1.82. The summed E-state index contributed by atoms with van der Waals surface area (Å²) in [6, 6.07) is 4.51. The van der Waals surface area contributed by atoms with Gasteiger partial charge < -0.3 is 19.5 Å². The van der Waals surface area contributed by atoms with Gasteiger partial charge in [0.1, 0.15) is 17.2 Å². The number of hydrogen-bond donors (Lipinski definition) is 1. The molecule has 2 fully saturated rings. The van der Waals surface area contributed by atoms with Crippen molar-refractivity contribution in [1.82, 2.24) is 24.5 Å². The van der Waals surface area contributed by atoms with E-state index in [1.807, 2.05) is 18.6 Å². The third kappa shape index (κ3) is 3.96. The minimum Gasteiger partial charge on any atom is -0.381 e. The fourth-order valence-corrected chi connectivity index (χ4v) is 4.64. The van der Waals surface area contributed by atoms with E-state index < -0.39 is 0 Å². The van der Waals surface area contributed by atoms with E-state index in [1.54, 1.807) is 13.3 Å². The van der Waals surface area contributed by atoms with E-state index in [1.165, 1.54) is 32.1 Å². The summed E-state index contributed by atoms with van der Waals surface area (Å²) in [7, 11) is 1.78. The molecule has 2 aliphatic rings. The topological polar surface area (TPSA) is 81.0 Å². The Morgan fingerprint density at radius 1 is 1.00 bits per heavy atom. The van der Waals surface area contributed by atoms with E-state index in [2.05, 4.69) is 35.8 Å². The van der Waals surface area contributed by atoms with Gasteiger partial charge in [0.05, 0.1) is 24.1 Å². The molecule has 1 aliphatic heterocycles. The molecule has 8 nitrogen and oxygen atoms in total. The third-order valence-electron chi connectivity index (χ3n) is 6.39. The number of nitrogens with one attached hydrogen (secondary N) is 1. The van der Waals surface area contributed by atoms with Crippen LogP contribution in [0, 0.1) is 0 Å². The van der Waals surface area contributed by atoms with Crippen LogP contribution in [0.3, 0.4) is 0 Å². The van der Waals surface area contributed by atoms with Crippen LogP contribution in [0.5, 0.6) is 0 Å². The Morgan fingerprint density at radius 2 is 1.83 bits per heavy atom. The van der Waals surface area contributed by atoms with Gasteiger partial charge >= 0.3 is 0 Å². The molecule has 0 radical (unpaired) electrons. The number of piperidine rings is 1. The van der Waals surface area contributed by atoms with Crippen molar-refractivity contribution in [2.75, 3.05) is 30.4 Å².